The van der Waals surface area contributed by atoms with Crippen molar-refractivity contribution in [2.24, 2.45) is 0 Å². The zero-order valence-corrected chi connectivity index (χ0v) is 12.0. The van der Waals surface area contributed by atoms with Gasteiger partial charge in [-0.05, 0) is 13.3 Å². The third-order valence-electron chi connectivity index (χ3n) is 3.73. The average Bonchev–Trinajstić information content (AvgIpc) is 2.99. The Hall–Kier alpha value is -1.45. The van der Waals surface area contributed by atoms with E-state index in [1.54, 1.807) is 0 Å². The van der Waals surface area contributed by atoms with E-state index >= 15 is 0 Å². The minimum atomic E-state index is -3.65. The van der Waals surface area contributed by atoms with Crippen LogP contribution in [0.1, 0.15) is 13.3 Å². The molecule has 0 spiro atoms. The molecule has 3 aliphatic rings. The van der Waals surface area contributed by atoms with Crippen LogP contribution in [0.25, 0.3) is 0 Å². The number of carbonyl (C=O) groups is 2. The Balaban J connectivity index is 1.59. The number of esters is 2. The topological polar surface area (TPSA) is 105 Å². The van der Waals surface area contributed by atoms with Gasteiger partial charge in [0.25, 0.3) is 10.1 Å². The maximum atomic E-state index is 11.7. The number of hydrogen-bond donors (Lipinski definition) is 0. The molecule has 116 valence electrons. The Morgan fingerprint density at radius 3 is 2.71 bits per heavy atom. The monoisotopic (exact) mass is 318 g/mol. The van der Waals surface area contributed by atoms with Crippen LogP contribution in [0.3, 0.4) is 0 Å². The Kier molecular flexibility index (Phi) is 3.30. The van der Waals surface area contributed by atoms with Gasteiger partial charge in [-0.15, -0.1) is 0 Å². The minimum absolute atomic E-state index is 0.166. The first kappa shape index (κ1) is 14.5. The molecule has 0 aliphatic carbocycles. The first-order valence-corrected chi connectivity index (χ1v) is 7.86. The van der Waals surface area contributed by atoms with Gasteiger partial charge < -0.3 is 14.2 Å². The van der Waals surface area contributed by atoms with Gasteiger partial charge in [0, 0.05) is 5.57 Å². The molecule has 21 heavy (non-hydrogen) atoms. The molecule has 9 heteroatoms. The average molecular weight is 318 g/mol. The quantitative estimate of drug-likeness (QED) is 0.380. The normalized spacial score (nSPS) is 38.2. The standard InChI is InChI=1S/C12H14O8S/c1-5(2)12(14)17-4-8(13)19-9-6-3-7-10(18-6)11(9)20-21(7,15)16/h6-7,9-11H,1,3-4H2,2H3. The van der Waals surface area contributed by atoms with Crippen LogP contribution >= 0.6 is 0 Å². The molecule has 2 bridgehead atoms. The molecule has 0 amide bonds. The molecule has 0 N–H and O–H groups in total. The fourth-order valence-electron chi connectivity index (χ4n) is 2.80. The van der Waals surface area contributed by atoms with Gasteiger partial charge in [0.05, 0.1) is 6.10 Å². The predicted octanol–water partition coefficient (Wildman–Crippen LogP) is -0.714. The number of carbonyl (C=O) groups excluding carboxylic acids is 2. The lowest BCUT2D eigenvalue weighted by Crippen LogP contribution is -2.42. The highest BCUT2D eigenvalue weighted by atomic mass is 32.2. The van der Waals surface area contributed by atoms with Crippen LogP contribution in [-0.2, 0) is 38.1 Å². The van der Waals surface area contributed by atoms with Crippen LogP contribution in [0.4, 0.5) is 0 Å². The summed E-state index contributed by atoms with van der Waals surface area (Å²) >= 11 is 0. The summed E-state index contributed by atoms with van der Waals surface area (Å²) < 4.78 is 43.6. The Morgan fingerprint density at radius 2 is 2.05 bits per heavy atom. The van der Waals surface area contributed by atoms with E-state index in [1.165, 1.54) is 6.92 Å². The summed E-state index contributed by atoms with van der Waals surface area (Å²) in [6.45, 7) is 4.27. The van der Waals surface area contributed by atoms with Crippen molar-refractivity contribution >= 4 is 22.1 Å². The lowest BCUT2D eigenvalue weighted by atomic mass is 9.94. The number of fused-ring (bicyclic) bond motifs is 1. The fourth-order valence-corrected chi connectivity index (χ4v) is 4.45. The summed E-state index contributed by atoms with van der Waals surface area (Å²) in [6.07, 6.45) is -2.44. The van der Waals surface area contributed by atoms with Gasteiger partial charge in [-0.3, -0.25) is 4.18 Å². The summed E-state index contributed by atoms with van der Waals surface area (Å²) in [7, 11) is -3.65. The molecular formula is C12H14O8S. The second-order valence-electron chi connectivity index (χ2n) is 5.28. The van der Waals surface area contributed by atoms with Gasteiger partial charge in [0.2, 0.25) is 0 Å². The van der Waals surface area contributed by atoms with Gasteiger partial charge in [0.1, 0.15) is 17.5 Å². The molecule has 3 fully saturated rings. The molecule has 3 rings (SSSR count). The van der Waals surface area contributed by atoms with Crippen molar-refractivity contribution in [3.63, 3.8) is 0 Å². The van der Waals surface area contributed by atoms with Crippen LogP contribution in [0.2, 0.25) is 0 Å². The van der Waals surface area contributed by atoms with E-state index < -0.39 is 58.3 Å². The second-order valence-corrected chi connectivity index (χ2v) is 7.06. The Labute approximate surface area is 121 Å². The van der Waals surface area contributed by atoms with Crippen LogP contribution < -0.4 is 0 Å². The van der Waals surface area contributed by atoms with Crippen LogP contribution in [0.5, 0.6) is 0 Å². The van der Waals surface area contributed by atoms with E-state index in [2.05, 4.69) is 11.3 Å². The van der Waals surface area contributed by atoms with E-state index in [1.807, 2.05) is 0 Å². The highest BCUT2D eigenvalue weighted by Crippen LogP contribution is 2.47. The maximum absolute atomic E-state index is 11.7. The zero-order valence-electron chi connectivity index (χ0n) is 11.2. The minimum Gasteiger partial charge on any atom is -0.454 e. The molecule has 0 aromatic heterocycles. The molecule has 0 aromatic rings. The zero-order chi connectivity index (χ0) is 15.4. The van der Waals surface area contributed by atoms with Gasteiger partial charge in [-0.1, -0.05) is 6.58 Å². The van der Waals surface area contributed by atoms with Gasteiger partial charge >= 0.3 is 11.9 Å². The summed E-state index contributed by atoms with van der Waals surface area (Å²) in [4.78, 5) is 22.8. The first-order valence-electron chi connectivity index (χ1n) is 6.39. The van der Waals surface area contributed by atoms with Crippen molar-refractivity contribution in [3.05, 3.63) is 12.2 Å². The second kappa shape index (κ2) is 4.79. The highest BCUT2D eigenvalue weighted by molar-refractivity contribution is 7.87. The van der Waals surface area contributed by atoms with E-state index in [4.69, 9.17) is 13.7 Å². The van der Waals surface area contributed by atoms with Crippen LogP contribution in [-0.4, -0.2) is 56.6 Å². The van der Waals surface area contributed by atoms with Gasteiger partial charge in [-0.25, -0.2) is 9.59 Å². The van der Waals surface area contributed by atoms with E-state index in [-0.39, 0.29) is 12.0 Å². The van der Waals surface area contributed by atoms with Crippen LogP contribution in [0.15, 0.2) is 12.2 Å². The molecule has 3 heterocycles. The van der Waals surface area contributed by atoms with Gasteiger partial charge in [0.15, 0.2) is 12.7 Å². The lowest BCUT2D eigenvalue weighted by Gasteiger charge is -2.21. The molecule has 0 radical (unpaired) electrons. The number of rotatable bonds is 4. The first-order chi connectivity index (χ1) is 9.79. The molecule has 5 unspecified atom stereocenters. The van der Waals surface area contributed by atoms with E-state index in [0.717, 1.165) is 0 Å². The molecule has 0 aromatic carbocycles. The molecule has 0 saturated carbocycles. The van der Waals surface area contributed by atoms with Crippen molar-refractivity contribution in [3.8, 4) is 0 Å². The van der Waals surface area contributed by atoms with Crippen molar-refractivity contribution in [2.45, 2.75) is 43.0 Å². The van der Waals surface area contributed by atoms with E-state index in [0.29, 0.717) is 0 Å². The summed E-state index contributed by atoms with van der Waals surface area (Å²) in [5, 5.41) is -0.677. The molecule has 3 aliphatic heterocycles. The van der Waals surface area contributed by atoms with Crippen molar-refractivity contribution in [1.82, 2.24) is 0 Å². The summed E-state index contributed by atoms with van der Waals surface area (Å²) in [5.41, 5.74) is 0.166. The SMILES string of the molecule is C=C(C)C(=O)OCC(=O)OC1C2CC3C(O2)C1OS3(=O)=O. The number of hydrogen-bond acceptors (Lipinski definition) is 8. The third kappa shape index (κ3) is 2.34. The molecule has 5 atom stereocenters. The molecule has 3 saturated heterocycles. The maximum Gasteiger partial charge on any atom is 0.344 e. The lowest BCUT2D eigenvalue weighted by molar-refractivity contribution is -0.164. The van der Waals surface area contributed by atoms with Crippen molar-refractivity contribution in [1.29, 1.82) is 0 Å². The smallest absolute Gasteiger partial charge is 0.344 e. The Morgan fingerprint density at radius 1 is 1.33 bits per heavy atom. The van der Waals surface area contributed by atoms with Crippen LogP contribution in [0, 0.1) is 0 Å². The summed E-state index contributed by atoms with van der Waals surface area (Å²) in [5.74, 6) is -1.48. The third-order valence-corrected chi connectivity index (χ3v) is 5.42. The fraction of sp³-hybridized carbons (Fsp3) is 0.667. The van der Waals surface area contributed by atoms with Crippen molar-refractivity contribution < 1.29 is 36.4 Å². The predicted molar refractivity (Wildman–Crippen MR) is 66.5 cm³/mol. The molecule has 8 nitrogen and oxygen atoms in total. The van der Waals surface area contributed by atoms with Crippen molar-refractivity contribution in [2.75, 3.05) is 6.61 Å². The van der Waals surface area contributed by atoms with Gasteiger partial charge in [-0.2, -0.15) is 8.42 Å². The van der Waals surface area contributed by atoms with E-state index in [9.17, 15) is 18.0 Å². The number of ether oxygens (including phenoxy) is 3. The Bertz CT molecular complexity index is 609. The largest absolute Gasteiger partial charge is 0.454 e. The highest BCUT2D eigenvalue weighted by Gasteiger charge is 2.67. The molecular weight excluding hydrogens is 304 g/mol. The summed E-state index contributed by atoms with van der Waals surface area (Å²) in [6, 6.07) is 0.